The number of hydrogen-bond donors (Lipinski definition) is 1. The van der Waals surface area contributed by atoms with Crippen LogP contribution < -0.4 is 10.5 Å². The summed E-state index contributed by atoms with van der Waals surface area (Å²) in [6, 6.07) is 5.81. The van der Waals surface area contributed by atoms with E-state index in [1.54, 1.807) is 7.11 Å². The molecule has 102 valence electrons. The molecule has 1 aromatic carbocycles. The number of nitrogens with two attached hydrogens (primary N) is 1. The fourth-order valence-electron chi connectivity index (χ4n) is 2.31. The summed E-state index contributed by atoms with van der Waals surface area (Å²) >= 11 is 0. The maximum atomic E-state index is 6.10. The molecule has 0 saturated carbocycles. The van der Waals surface area contributed by atoms with E-state index in [0.717, 1.165) is 28.4 Å². The third-order valence-electron chi connectivity index (χ3n) is 3.60. The van der Waals surface area contributed by atoms with E-state index in [1.807, 2.05) is 36.7 Å². The highest BCUT2D eigenvalue weighted by molar-refractivity contribution is 5.52. The van der Waals surface area contributed by atoms with E-state index in [-0.39, 0.29) is 6.04 Å². The molecule has 19 heavy (non-hydrogen) atoms. The van der Waals surface area contributed by atoms with Gasteiger partial charge in [0.15, 0.2) is 0 Å². The first-order valence-electron chi connectivity index (χ1n) is 6.43. The van der Waals surface area contributed by atoms with Crippen LogP contribution in [0.25, 0.3) is 5.69 Å². The van der Waals surface area contributed by atoms with Crippen LogP contribution in [0.2, 0.25) is 0 Å². The highest BCUT2D eigenvalue weighted by atomic mass is 16.5. The zero-order chi connectivity index (χ0) is 14.2. The Kier molecular flexibility index (Phi) is 3.62. The highest BCUT2D eigenvalue weighted by Gasteiger charge is 2.17. The number of methoxy groups -OCH3 is 1. The number of nitrogens with zero attached hydrogens (tertiary/aromatic N) is 2. The number of aromatic nitrogens is 2. The molecule has 1 unspecified atom stereocenters. The molecule has 2 N–H and O–H groups in total. The highest BCUT2D eigenvalue weighted by Crippen LogP contribution is 2.31. The molecule has 0 spiro atoms. The van der Waals surface area contributed by atoms with Crippen molar-refractivity contribution in [3.05, 3.63) is 40.7 Å². The van der Waals surface area contributed by atoms with Crippen molar-refractivity contribution in [3.63, 3.8) is 0 Å². The van der Waals surface area contributed by atoms with Gasteiger partial charge in [0.1, 0.15) is 5.75 Å². The molecule has 4 heteroatoms. The standard InChI is InChI=1S/C15H21N3O/c1-9-11(3)17-18(12(9)4)13-7-6-8-14(19-5)15(13)10(2)16/h6-8,10H,16H2,1-5H3. The first-order valence-corrected chi connectivity index (χ1v) is 6.43. The molecule has 1 heterocycles. The van der Waals surface area contributed by atoms with Gasteiger partial charge >= 0.3 is 0 Å². The lowest BCUT2D eigenvalue weighted by atomic mass is 10.1. The lowest BCUT2D eigenvalue weighted by Gasteiger charge is -2.17. The van der Waals surface area contributed by atoms with E-state index < -0.39 is 0 Å². The number of benzene rings is 1. The van der Waals surface area contributed by atoms with Crippen molar-refractivity contribution in [2.24, 2.45) is 5.73 Å². The Morgan fingerprint density at radius 1 is 1.26 bits per heavy atom. The third kappa shape index (κ3) is 2.24. The van der Waals surface area contributed by atoms with Crippen molar-refractivity contribution in [2.45, 2.75) is 33.7 Å². The van der Waals surface area contributed by atoms with Gasteiger partial charge < -0.3 is 10.5 Å². The molecule has 2 rings (SSSR count). The van der Waals surface area contributed by atoms with Gasteiger partial charge in [-0.2, -0.15) is 5.10 Å². The van der Waals surface area contributed by atoms with E-state index in [0.29, 0.717) is 0 Å². The van der Waals surface area contributed by atoms with E-state index in [4.69, 9.17) is 10.5 Å². The second-order valence-corrected chi connectivity index (χ2v) is 4.89. The molecule has 0 aliphatic heterocycles. The van der Waals surface area contributed by atoms with Crippen molar-refractivity contribution in [1.29, 1.82) is 0 Å². The van der Waals surface area contributed by atoms with E-state index in [1.165, 1.54) is 5.56 Å². The minimum Gasteiger partial charge on any atom is -0.496 e. The van der Waals surface area contributed by atoms with Gasteiger partial charge in [-0.3, -0.25) is 0 Å². The summed E-state index contributed by atoms with van der Waals surface area (Å²) in [4.78, 5) is 0. The molecule has 0 aliphatic rings. The lowest BCUT2D eigenvalue weighted by Crippen LogP contribution is -2.13. The summed E-state index contributed by atoms with van der Waals surface area (Å²) in [5, 5.41) is 4.60. The van der Waals surface area contributed by atoms with E-state index in [9.17, 15) is 0 Å². The Hall–Kier alpha value is -1.81. The molecule has 0 bridgehead atoms. The van der Waals surface area contributed by atoms with Crippen LogP contribution in [0.3, 0.4) is 0 Å². The summed E-state index contributed by atoms with van der Waals surface area (Å²) in [6.07, 6.45) is 0. The molecule has 1 aromatic heterocycles. The van der Waals surface area contributed by atoms with E-state index >= 15 is 0 Å². The topological polar surface area (TPSA) is 53.1 Å². The van der Waals surface area contributed by atoms with Crippen LogP contribution in [0.4, 0.5) is 0 Å². The Bertz CT molecular complexity index is 600. The first-order chi connectivity index (χ1) is 8.97. The third-order valence-corrected chi connectivity index (χ3v) is 3.60. The molecule has 0 amide bonds. The summed E-state index contributed by atoms with van der Waals surface area (Å²) in [5.74, 6) is 0.803. The van der Waals surface area contributed by atoms with Crippen molar-refractivity contribution in [2.75, 3.05) is 7.11 Å². The molecule has 0 saturated heterocycles. The number of ether oxygens (including phenoxy) is 1. The molecular weight excluding hydrogens is 238 g/mol. The minimum atomic E-state index is -0.115. The van der Waals surface area contributed by atoms with E-state index in [2.05, 4.69) is 18.9 Å². The van der Waals surface area contributed by atoms with Crippen LogP contribution in [-0.4, -0.2) is 16.9 Å². The number of rotatable bonds is 3. The average Bonchev–Trinajstić information content (AvgIpc) is 2.65. The summed E-state index contributed by atoms with van der Waals surface area (Å²) < 4.78 is 7.37. The summed E-state index contributed by atoms with van der Waals surface area (Å²) in [6.45, 7) is 8.13. The second kappa shape index (κ2) is 5.05. The van der Waals surface area contributed by atoms with Crippen LogP contribution in [0.1, 0.15) is 35.5 Å². The largest absolute Gasteiger partial charge is 0.496 e. The molecule has 0 fully saturated rings. The molecule has 1 atom stereocenters. The van der Waals surface area contributed by atoms with Crippen molar-refractivity contribution >= 4 is 0 Å². The van der Waals surface area contributed by atoms with Gasteiger partial charge in [0.2, 0.25) is 0 Å². The van der Waals surface area contributed by atoms with Gasteiger partial charge in [0, 0.05) is 17.3 Å². The maximum absolute atomic E-state index is 6.10. The average molecular weight is 259 g/mol. The van der Waals surface area contributed by atoms with Crippen LogP contribution in [0.15, 0.2) is 18.2 Å². The van der Waals surface area contributed by atoms with Crippen LogP contribution in [0.5, 0.6) is 5.75 Å². The second-order valence-electron chi connectivity index (χ2n) is 4.89. The van der Waals surface area contributed by atoms with Gasteiger partial charge in [-0.25, -0.2) is 4.68 Å². The van der Waals surface area contributed by atoms with Crippen molar-refractivity contribution < 1.29 is 4.74 Å². The monoisotopic (exact) mass is 259 g/mol. The van der Waals surface area contributed by atoms with Gasteiger partial charge in [0.25, 0.3) is 0 Å². The molecule has 0 aliphatic carbocycles. The maximum Gasteiger partial charge on any atom is 0.125 e. The van der Waals surface area contributed by atoms with Crippen molar-refractivity contribution in [1.82, 2.24) is 9.78 Å². The van der Waals surface area contributed by atoms with Crippen LogP contribution >= 0.6 is 0 Å². The number of hydrogen-bond acceptors (Lipinski definition) is 3. The Morgan fingerprint density at radius 3 is 2.42 bits per heavy atom. The van der Waals surface area contributed by atoms with Crippen molar-refractivity contribution in [3.8, 4) is 11.4 Å². The molecule has 0 radical (unpaired) electrons. The van der Waals surface area contributed by atoms with Gasteiger partial charge in [0.05, 0.1) is 18.5 Å². The smallest absolute Gasteiger partial charge is 0.125 e. The Balaban J connectivity index is 2.71. The van der Waals surface area contributed by atoms with Crippen LogP contribution in [0, 0.1) is 20.8 Å². The molecular formula is C15H21N3O. The minimum absolute atomic E-state index is 0.115. The SMILES string of the molecule is COc1cccc(-n2nc(C)c(C)c2C)c1C(C)N. The predicted molar refractivity (Wildman–Crippen MR) is 76.9 cm³/mol. The quantitative estimate of drug-likeness (QED) is 0.922. The Morgan fingerprint density at radius 2 is 1.95 bits per heavy atom. The fraction of sp³-hybridized carbons (Fsp3) is 0.400. The molecule has 2 aromatic rings. The zero-order valence-corrected chi connectivity index (χ0v) is 12.2. The van der Waals surface area contributed by atoms with Gasteiger partial charge in [-0.1, -0.05) is 6.07 Å². The predicted octanol–water partition coefficient (Wildman–Crippen LogP) is 2.83. The molecule has 4 nitrogen and oxygen atoms in total. The van der Waals surface area contributed by atoms with Crippen LogP contribution in [-0.2, 0) is 0 Å². The number of aryl methyl sites for hydroxylation is 1. The lowest BCUT2D eigenvalue weighted by molar-refractivity contribution is 0.406. The van der Waals surface area contributed by atoms with Gasteiger partial charge in [-0.05, 0) is 45.4 Å². The zero-order valence-electron chi connectivity index (χ0n) is 12.2. The summed E-state index contributed by atoms with van der Waals surface area (Å²) in [7, 11) is 1.66. The fourth-order valence-corrected chi connectivity index (χ4v) is 2.31. The first kappa shape index (κ1) is 13.6. The Labute approximate surface area is 114 Å². The van der Waals surface area contributed by atoms with Gasteiger partial charge in [-0.15, -0.1) is 0 Å². The normalized spacial score (nSPS) is 12.5. The summed E-state index contributed by atoms with van der Waals surface area (Å²) in [5.41, 5.74) is 11.4.